The van der Waals surface area contributed by atoms with Gasteiger partial charge in [-0.2, -0.15) is 0 Å². The molecule has 4 heteroatoms. The van der Waals surface area contributed by atoms with Crippen LogP contribution in [0.4, 0.5) is 15.8 Å². The molecule has 0 heterocycles. The van der Waals surface area contributed by atoms with E-state index >= 15 is 0 Å². The quantitative estimate of drug-likeness (QED) is 0.825. The van der Waals surface area contributed by atoms with Gasteiger partial charge in [-0.1, -0.05) is 13.8 Å². The third-order valence-electron chi connectivity index (χ3n) is 2.63. The van der Waals surface area contributed by atoms with Crippen molar-refractivity contribution in [1.29, 1.82) is 0 Å². The first-order valence-corrected chi connectivity index (χ1v) is 5.90. The van der Waals surface area contributed by atoms with Gasteiger partial charge >= 0.3 is 0 Å². The Kier molecular flexibility index (Phi) is 4.94. The van der Waals surface area contributed by atoms with Crippen molar-refractivity contribution in [2.75, 3.05) is 10.6 Å². The van der Waals surface area contributed by atoms with Crippen LogP contribution in [-0.4, -0.2) is 11.9 Å². The molecular formula is C13H19FN2O. The van der Waals surface area contributed by atoms with E-state index in [2.05, 4.69) is 24.5 Å². The Balaban J connectivity index is 2.84. The highest BCUT2D eigenvalue weighted by molar-refractivity contribution is 5.89. The summed E-state index contributed by atoms with van der Waals surface area (Å²) in [6.07, 6.45) is 2.01. The molecule has 0 saturated heterocycles. The summed E-state index contributed by atoms with van der Waals surface area (Å²) in [5.41, 5.74) is 1.04. The van der Waals surface area contributed by atoms with Gasteiger partial charge in [-0.15, -0.1) is 0 Å². The molecule has 0 spiro atoms. The van der Waals surface area contributed by atoms with E-state index in [9.17, 15) is 9.18 Å². The van der Waals surface area contributed by atoms with Crippen LogP contribution in [-0.2, 0) is 4.79 Å². The molecule has 0 atom stereocenters. The van der Waals surface area contributed by atoms with Crippen molar-refractivity contribution < 1.29 is 9.18 Å². The fourth-order valence-electron chi connectivity index (χ4n) is 1.63. The molecule has 0 aromatic heterocycles. The maximum absolute atomic E-state index is 13.4. The van der Waals surface area contributed by atoms with Gasteiger partial charge in [0.15, 0.2) is 0 Å². The molecule has 0 unspecified atom stereocenters. The zero-order valence-corrected chi connectivity index (χ0v) is 10.5. The summed E-state index contributed by atoms with van der Waals surface area (Å²) in [5.74, 6) is -0.695. The van der Waals surface area contributed by atoms with Gasteiger partial charge in [0.25, 0.3) is 0 Å². The van der Waals surface area contributed by atoms with Crippen molar-refractivity contribution in [1.82, 2.24) is 0 Å². The SMILES string of the molecule is CCC(CC)Nc1ccc(F)c(NC(C)=O)c1. The van der Waals surface area contributed by atoms with Crippen LogP contribution in [0.15, 0.2) is 18.2 Å². The van der Waals surface area contributed by atoms with Gasteiger partial charge in [0.2, 0.25) is 5.91 Å². The van der Waals surface area contributed by atoms with Crippen LogP contribution in [0.25, 0.3) is 0 Å². The Labute approximate surface area is 101 Å². The number of carbonyl (C=O) groups is 1. The molecule has 1 aromatic rings. The number of benzene rings is 1. The highest BCUT2D eigenvalue weighted by atomic mass is 19.1. The Morgan fingerprint density at radius 2 is 2.00 bits per heavy atom. The molecule has 94 valence electrons. The van der Waals surface area contributed by atoms with Crippen molar-refractivity contribution >= 4 is 17.3 Å². The molecule has 17 heavy (non-hydrogen) atoms. The van der Waals surface area contributed by atoms with E-state index in [1.165, 1.54) is 13.0 Å². The van der Waals surface area contributed by atoms with Crippen LogP contribution in [0.1, 0.15) is 33.6 Å². The number of halogens is 1. The molecule has 3 nitrogen and oxygen atoms in total. The van der Waals surface area contributed by atoms with Gasteiger partial charge in [-0.25, -0.2) is 4.39 Å². The molecular weight excluding hydrogens is 219 g/mol. The predicted octanol–water partition coefficient (Wildman–Crippen LogP) is 3.38. The van der Waals surface area contributed by atoms with Crippen LogP contribution < -0.4 is 10.6 Å². The predicted molar refractivity (Wildman–Crippen MR) is 68.7 cm³/mol. The number of amides is 1. The highest BCUT2D eigenvalue weighted by Crippen LogP contribution is 2.21. The Hall–Kier alpha value is -1.58. The minimum absolute atomic E-state index is 0.216. The van der Waals surface area contributed by atoms with Crippen molar-refractivity contribution in [2.24, 2.45) is 0 Å². The normalized spacial score (nSPS) is 10.4. The highest BCUT2D eigenvalue weighted by Gasteiger charge is 2.07. The third-order valence-corrected chi connectivity index (χ3v) is 2.63. The molecule has 0 aliphatic carbocycles. The van der Waals surface area contributed by atoms with E-state index in [4.69, 9.17) is 0 Å². The average Bonchev–Trinajstić information content (AvgIpc) is 2.29. The number of anilines is 2. The fraction of sp³-hybridized carbons (Fsp3) is 0.462. The van der Waals surface area contributed by atoms with Crippen LogP contribution >= 0.6 is 0 Å². The average molecular weight is 238 g/mol. The van der Waals surface area contributed by atoms with E-state index < -0.39 is 5.82 Å². The van der Waals surface area contributed by atoms with Gasteiger partial charge in [0.1, 0.15) is 5.82 Å². The molecule has 0 fully saturated rings. The zero-order valence-electron chi connectivity index (χ0n) is 10.5. The number of nitrogens with one attached hydrogen (secondary N) is 2. The Morgan fingerprint density at radius 1 is 1.35 bits per heavy atom. The lowest BCUT2D eigenvalue weighted by Gasteiger charge is -2.17. The number of rotatable bonds is 5. The topological polar surface area (TPSA) is 41.1 Å². The Bertz CT molecular complexity index is 389. The monoisotopic (exact) mass is 238 g/mol. The molecule has 1 rings (SSSR count). The summed E-state index contributed by atoms with van der Waals surface area (Å²) in [7, 11) is 0. The zero-order chi connectivity index (χ0) is 12.8. The van der Waals surface area contributed by atoms with Crippen LogP contribution in [0.3, 0.4) is 0 Å². The Morgan fingerprint density at radius 3 is 2.53 bits per heavy atom. The van der Waals surface area contributed by atoms with Crippen molar-refractivity contribution in [3.05, 3.63) is 24.0 Å². The minimum atomic E-state index is -0.421. The molecule has 0 aliphatic rings. The van der Waals surface area contributed by atoms with E-state index in [1.54, 1.807) is 12.1 Å². The molecule has 0 aliphatic heterocycles. The maximum Gasteiger partial charge on any atom is 0.221 e. The van der Waals surface area contributed by atoms with Crippen molar-refractivity contribution in [3.63, 3.8) is 0 Å². The van der Waals surface area contributed by atoms with Gasteiger partial charge < -0.3 is 10.6 Å². The van der Waals surface area contributed by atoms with E-state index in [1.807, 2.05) is 0 Å². The number of hydrogen-bond acceptors (Lipinski definition) is 2. The molecule has 1 amide bonds. The summed E-state index contributed by atoms with van der Waals surface area (Å²) in [4.78, 5) is 10.9. The van der Waals surface area contributed by atoms with Crippen LogP contribution in [0, 0.1) is 5.82 Å². The van der Waals surface area contributed by atoms with E-state index in [-0.39, 0.29) is 11.6 Å². The summed E-state index contributed by atoms with van der Waals surface area (Å²) in [6.45, 7) is 5.55. The van der Waals surface area contributed by atoms with Gasteiger partial charge in [-0.3, -0.25) is 4.79 Å². The lowest BCUT2D eigenvalue weighted by molar-refractivity contribution is -0.114. The standard InChI is InChI=1S/C13H19FN2O/c1-4-10(5-2)16-11-6-7-12(14)13(8-11)15-9(3)17/h6-8,10,16H,4-5H2,1-3H3,(H,15,17). The second kappa shape index (κ2) is 6.23. The summed E-state index contributed by atoms with van der Waals surface area (Å²) >= 11 is 0. The van der Waals surface area contributed by atoms with Gasteiger partial charge in [0.05, 0.1) is 5.69 Å². The second-order valence-corrected chi connectivity index (χ2v) is 4.03. The molecule has 0 radical (unpaired) electrons. The first kappa shape index (κ1) is 13.5. The lowest BCUT2D eigenvalue weighted by Crippen LogP contribution is -2.17. The van der Waals surface area contributed by atoms with E-state index in [0.717, 1.165) is 18.5 Å². The smallest absolute Gasteiger partial charge is 0.221 e. The van der Waals surface area contributed by atoms with Crippen molar-refractivity contribution in [2.45, 2.75) is 39.7 Å². The first-order valence-electron chi connectivity index (χ1n) is 5.90. The molecule has 0 bridgehead atoms. The number of hydrogen-bond donors (Lipinski definition) is 2. The largest absolute Gasteiger partial charge is 0.382 e. The van der Waals surface area contributed by atoms with Gasteiger partial charge in [-0.05, 0) is 31.0 Å². The first-order chi connectivity index (χ1) is 8.06. The molecule has 0 saturated carbocycles. The maximum atomic E-state index is 13.4. The van der Waals surface area contributed by atoms with Gasteiger partial charge in [0, 0.05) is 18.7 Å². The molecule has 2 N–H and O–H groups in total. The fourth-order valence-corrected chi connectivity index (χ4v) is 1.63. The van der Waals surface area contributed by atoms with Crippen LogP contribution in [0.5, 0.6) is 0 Å². The second-order valence-electron chi connectivity index (χ2n) is 4.03. The van der Waals surface area contributed by atoms with Crippen LogP contribution in [0.2, 0.25) is 0 Å². The molecule has 1 aromatic carbocycles. The van der Waals surface area contributed by atoms with Crippen molar-refractivity contribution in [3.8, 4) is 0 Å². The minimum Gasteiger partial charge on any atom is -0.382 e. The summed E-state index contributed by atoms with van der Waals surface area (Å²) < 4.78 is 13.4. The van der Waals surface area contributed by atoms with E-state index in [0.29, 0.717) is 6.04 Å². The number of carbonyl (C=O) groups excluding carboxylic acids is 1. The lowest BCUT2D eigenvalue weighted by atomic mass is 10.1. The summed E-state index contributed by atoms with van der Waals surface area (Å²) in [6, 6.07) is 5.02. The third kappa shape index (κ3) is 4.06. The summed E-state index contributed by atoms with van der Waals surface area (Å²) in [5, 5.41) is 5.77.